The molecule has 0 spiro atoms. The average molecular weight is 649 g/mol. The highest BCUT2D eigenvalue weighted by Crippen LogP contribution is 2.38. The fourth-order valence-electron chi connectivity index (χ4n) is 5.63. The molecule has 1 aromatic heterocycles. The number of unbranched alkanes of at least 4 members (excludes halogenated alkanes) is 3. The molecule has 8 heteroatoms. The standard InChI is InChI=1S/C39H52O8/c1-7-13-17-26(10-4)37(41)44-30-21-16-20-29(24-30)34-25-31(40)35-32(45-34)22-23-33(46-38(42)27(11-5)18-14-8-2)36(35)47-39(43)28(12-6)19-15-9-3/h16,20-28H,7-15,17-19H2,1-6H3. The Morgan fingerprint density at radius 1 is 0.660 bits per heavy atom. The van der Waals surface area contributed by atoms with E-state index in [1.54, 1.807) is 30.3 Å². The van der Waals surface area contributed by atoms with E-state index in [1.165, 1.54) is 12.1 Å². The molecule has 2 aromatic carbocycles. The van der Waals surface area contributed by atoms with Crippen LogP contribution in [0.2, 0.25) is 0 Å². The van der Waals surface area contributed by atoms with Crippen molar-refractivity contribution < 1.29 is 33.0 Å². The van der Waals surface area contributed by atoms with E-state index < -0.39 is 17.4 Å². The number of carbonyl (C=O) groups is 3. The van der Waals surface area contributed by atoms with E-state index in [0.29, 0.717) is 43.4 Å². The molecule has 0 amide bonds. The molecule has 0 fully saturated rings. The molecular weight excluding hydrogens is 596 g/mol. The molecule has 0 radical (unpaired) electrons. The molecule has 0 saturated heterocycles. The van der Waals surface area contributed by atoms with Crippen molar-refractivity contribution in [2.45, 2.75) is 119 Å². The van der Waals surface area contributed by atoms with Crippen LogP contribution in [-0.2, 0) is 14.4 Å². The van der Waals surface area contributed by atoms with E-state index in [0.717, 1.165) is 44.9 Å². The van der Waals surface area contributed by atoms with Gasteiger partial charge < -0.3 is 18.6 Å². The van der Waals surface area contributed by atoms with Gasteiger partial charge in [-0.15, -0.1) is 0 Å². The molecular formula is C39H52O8. The molecule has 8 nitrogen and oxygen atoms in total. The fraction of sp³-hybridized carbons (Fsp3) is 0.538. The number of rotatable bonds is 19. The zero-order valence-corrected chi connectivity index (χ0v) is 29.0. The van der Waals surface area contributed by atoms with Crippen molar-refractivity contribution in [3.63, 3.8) is 0 Å². The highest BCUT2D eigenvalue weighted by atomic mass is 16.6. The Labute approximate surface area is 279 Å². The van der Waals surface area contributed by atoms with E-state index in [2.05, 4.69) is 20.8 Å². The second-order valence-electron chi connectivity index (χ2n) is 12.3. The molecule has 0 N–H and O–H groups in total. The summed E-state index contributed by atoms with van der Waals surface area (Å²) in [6, 6.07) is 11.2. The highest BCUT2D eigenvalue weighted by Gasteiger charge is 2.27. The molecule has 3 atom stereocenters. The van der Waals surface area contributed by atoms with Crippen LogP contribution in [0.5, 0.6) is 17.2 Å². The Morgan fingerprint density at radius 2 is 1.19 bits per heavy atom. The van der Waals surface area contributed by atoms with Crippen molar-refractivity contribution in [3.8, 4) is 28.6 Å². The summed E-state index contributed by atoms with van der Waals surface area (Å²) in [5.74, 6) is -1.55. The lowest BCUT2D eigenvalue weighted by molar-refractivity contribution is -0.142. The first kappa shape index (κ1) is 37.5. The Kier molecular flexibility index (Phi) is 15.2. The van der Waals surface area contributed by atoms with Crippen LogP contribution >= 0.6 is 0 Å². The minimum absolute atomic E-state index is 0.0126. The average Bonchev–Trinajstić information content (AvgIpc) is 3.06. The van der Waals surface area contributed by atoms with Gasteiger partial charge in [-0.3, -0.25) is 19.2 Å². The molecule has 1 heterocycles. The maximum Gasteiger partial charge on any atom is 0.314 e. The zero-order chi connectivity index (χ0) is 34.3. The predicted molar refractivity (Wildman–Crippen MR) is 185 cm³/mol. The van der Waals surface area contributed by atoms with Gasteiger partial charge in [0.05, 0.1) is 17.8 Å². The van der Waals surface area contributed by atoms with Crippen molar-refractivity contribution in [1.29, 1.82) is 0 Å². The first-order valence-electron chi connectivity index (χ1n) is 17.6. The maximum absolute atomic E-state index is 13.8. The molecule has 256 valence electrons. The van der Waals surface area contributed by atoms with Crippen molar-refractivity contribution in [3.05, 3.63) is 52.7 Å². The van der Waals surface area contributed by atoms with Crippen LogP contribution in [0, 0.1) is 17.8 Å². The predicted octanol–water partition coefficient (Wildman–Crippen LogP) is 9.83. The SMILES string of the molecule is CCCCC(CC)C(=O)Oc1cccc(-c2cc(=O)c3c(OC(=O)C(CC)CCCC)c(OC(=O)C(CC)CCCC)ccc3o2)c1. The summed E-state index contributed by atoms with van der Waals surface area (Å²) in [7, 11) is 0. The summed E-state index contributed by atoms with van der Waals surface area (Å²) < 4.78 is 23.7. The Morgan fingerprint density at radius 3 is 1.72 bits per heavy atom. The van der Waals surface area contributed by atoms with Crippen LogP contribution in [0.3, 0.4) is 0 Å². The maximum atomic E-state index is 13.8. The minimum atomic E-state index is -0.480. The van der Waals surface area contributed by atoms with E-state index in [4.69, 9.17) is 18.6 Å². The molecule has 3 rings (SSSR count). The van der Waals surface area contributed by atoms with Gasteiger partial charge in [-0.05, 0) is 62.8 Å². The molecule has 0 aliphatic carbocycles. The summed E-state index contributed by atoms with van der Waals surface area (Å²) >= 11 is 0. The quantitative estimate of drug-likeness (QED) is 0.0933. The molecule has 3 aromatic rings. The second kappa shape index (κ2) is 19.0. The van der Waals surface area contributed by atoms with Crippen LogP contribution in [-0.4, -0.2) is 17.9 Å². The summed E-state index contributed by atoms with van der Waals surface area (Å²) in [6.07, 6.45) is 9.55. The molecule has 0 bridgehead atoms. The van der Waals surface area contributed by atoms with Gasteiger partial charge in [0.25, 0.3) is 0 Å². The zero-order valence-electron chi connectivity index (χ0n) is 29.0. The monoisotopic (exact) mass is 648 g/mol. The summed E-state index contributed by atoms with van der Waals surface area (Å²) in [5, 5.41) is 0.0173. The lowest BCUT2D eigenvalue weighted by Gasteiger charge is -2.18. The lowest BCUT2D eigenvalue weighted by atomic mass is 9.99. The molecule has 0 aliphatic rings. The van der Waals surface area contributed by atoms with Crippen LogP contribution in [0.4, 0.5) is 0 Å². The number of benzene rings is 2. The Bertz CT molecular complexity index is 1540. The first-order chi connectivity index (χ1) is 22.7. The van der Waals surface area contributed by atoms with Crippen LogP contribution in [0.15, 0.2) is 51.7 Å². The highest BCUT2D eigenvalue weighted by molar-refractivity contribution is 5.92. The number of hydrogen-bond acceptors (Lipinski definition) is 8. The van der Waals surface area contributed by atoms with Crippen LogP contribution in [0.1, 0.15) is 119 Å². The fourth-order valence-corrected chi connectivity index (χ4v) is 5.63. The number of ether oxygens (including phenoxy) is 3. The van der Waals surface area contributed by atoms with Crippen molar-refractivity contribution in [1.82, 2.24) is 0 Å². The van der Waals surface area contributed by atoms with Gasteiger partial charge in [-0.1, -0.05) is 92.2 Å². The Hall–Kier alpha value is -3.94. The summed E-state index contributed by atoms with van der Waals surface area (Å²) in [4.78, 5) is 53.2. The van der Waals surface area contributed by atoms with Gasteiger partial charge in [-0.2, -0.15) is 0 Å². The van der Waals surface area contributed by atoms with Gasteiger partial charge in [0, 0.05) is 11.6 Å². The summed E-state index contributed by atoms with van der Waals surface area (Å²) in [6.45, 7) is 12.0. The van der Waals surface area contributed by atoms with Gasteiger partial charge in [0.2, 0.25) is 0 Å². The molecule has 3 unspecified atom stereocenters. The van der Waals surface area contributed by atoms with Crippen molar-refractivity contribution in [2.75, 3.05) is 0 Å². The first-order valence-corrected chi connectivity index (χ1v) is 17.6. The Balaban J connectivity index is 2.04. The smallest absolute Gasteiger partial charge is 0.314 e. The molecule has 0 aliphatic heterocycles. The number of fused-ring (bicyclic) bond motifs is 1. The lowest BCUT2D eigenvalue weighted by Crippen LogP contribution is -2.23. The molecule has 0 saturated carbocycles. The topological polar surface area (TPSA) is 109 Å². The third-order valence-electron chi connectivity index (χ3n) is 8.76. The van der Waals surface area contributed by atoms with E-state index in [1.807, 2.05) is 20.8 Å². The minimum Gasteiger partial charge on any atom is -0.456 e. The molecule has 47 heavy (non-hydrogen) atoms. The number of hydrogen-bond donors (Lipinski definition) is 0. The third kappa shape index (κ3) is 10.3. The van der Waals surface area contributed by atoms with Crippen molar-refractivity contribution >= 4 is 28.9 Å². The van der Waals surface area contributed by atoms with E-state index in [9.17, 15) is 19.2 Å². The van der Waals surface area contributed by atoms with Gasteiger partial charge in [0.15, 0.2) is 16.9 Å². The number of carbonyl (C=O) groups excluding carboxylic acids is 3. The van der Waals surface area contributed by atoms with Crippen LogP contribution < -0.4 is 19.6 Å². The van der Waals surface area contributed by atoms with Gasteiger partial charge in [0.1, 0.15) is 22.5 Å². The van der Waals surface area contributed by atoms with E-state index >= 15 is 0 Å². The number of esters is 3. The van der Waals surface area contributed by atoms with Crippen molar-refractivity contribution in [2.24, 2.45) is 17.8 Å². The summed E-state index contributed by atoms with van der Waals surface area (Å²) in [5.41, 5.74) is 0.245. The third-order valence-corrected chi connectivity index (χ3v) is 8.76. The van der Waals surface area contributed by atoms with Crippen LogP contribution in [0.25, 0.3) is 22.3 Å². The largest absolute Gasteiger partial charge is 0.456 e. The van der Waals surface area contributed by atoms with E-state index in [-0.39, 0.29) is 52.0 Å². The second-order valence-corrected chi connectivity index (χ2v) is 12.3. The normalized spacial score (nSPS) is 13.1. The van der Waals surface area contributed by atoms with Gasteiger partial charge in [-0.25, -0.2) is 0 Å². The van der Waals surface area contributed by atoms with Gasteiger partial charge >= 0.3 is 17.9 Å².